The molecule has 20 heavy (non-hydrogen) atoms. The molecule has 3 aromatic rings. The van der Waals surface area contributed by atoms with Crippen LogP contribution in [0.4, 0.5) is 11.7 Å². The number of hydrogen-bond acceptors (Lipinski definition) is 7. The van der Waals surface area contributed by atoms with Crippen molar-refractivity contribution in [2.75, 3.05) is 5.32 Å². The molecule has 0 radical (unpaired) electrons. The van der Waals surface area contributed by atoms with Crippen LogP contribution in [0.3, 0.4) is 0 Å². The third kappa shape index (κ3) is 2.30. The number of benzene rings is 1. The van der Waals surface area contributed by atoms with E-state index in [1.54, 1.807) is 13.1 Å². The second kappa shape index (κ2) is 4.65. The first-order chi connectivity index (χ1) is 9.61. The summed E-state index contributed by atoms with van der Waals surface area (Å²) in [6, 6.07) is 4.52. The number of anilines is 1. The fraction of sp³-hybridized carbons (Fsp3) is 0.167. The summed E-state index contributed by atoms with van der Waals surface area (Å²) in [5.74, 6) is 1.23. The Hall–Kier alpha value is -2.90. The lowest BCUT2D eigenvalue weighted by Gasteiger charge is -1.95. The maximum Gasteiger partial charge on any atom is 0.296 e. The molecule has 1 aromatic carbocycles. The summed E-state index contributed by atoms with van der Waals surface area (Å²) in [5, 5.41) is 13.6. The van der Waals surface area contributed by atoms with Crippen LogP contribution in [-0.2, 0) is 6.54 Å². The molecule has 0 spiro atoms. The smallest absolute Gasteiger partial charge is 0.296 e. The summed E-state index contributed by atoms with van der Waals surface area (Å²) >= 11 is 0. The lowest BCUT2D eigenvalue weighted by molar-refractivity contribution is -0.384. The zero-order valence-corrected chi connectivity index (χ0v) is 10.5. The predicted molar refractivity (Wildman–Crippen MR) is 69.2 cm³/mol. The molecule has 0 unspecified atom stereocenters. The van der Waals surface area contributed by atoms with E-state index < -0.39 is 4.92 Å². The van der Waals surface area contributed by atoms with Gasteiger partial charge in [0.25, 0.3) is 11.7 Å². The number of hydrogen-bond donors (Lipinski definition) is 1. The Balaban J connectivity index is 1.80. The first-order valence-electron chi connectivity index (χ1n) is 5.82. The molecule has 0 aliphatic carbocycles. The highest BCUT2D eigenvalue weighted by atomic mass is 16.6. The third-order valence-electron chi connectivity index (χ3n) is 2.64. The van der Waals surface area contributed by atoms with E-state index in [1.807, 2.05) is 0 Å². The molecule has 8 heteroatoms. The van der Waals surface area contributed by atoms with Gasteiger partial charge in [0.1, 0.15) is 11.3 Å². The fourth-order valence-corrected chi connectivity index (χ4v) is 1.74. The van der Waals surface area contributed by atoms with Gasteiger partial charge in [-0.05, 0) is 13.0 Å². The molecule has 0 aliphatic heterocycles. The molecule has 102 valence electrons. The largest absolute Gasteiger partial charge is 0.444 e. The van der Waals surface area contributed by atoms with Gasteiger partial charge >= 0.3 is 0 Å². The maximum absolute atomic E-state index is 10.7. The van der Waals surface area contributed by atoms with Crippen LogP contribution in [0, 0.1) is 17.0 Å². The van der Waals surface area contributed by atoms with Crippen LogP contribution in [-0.4, -0.2) is 14.9 Å². The average Bonchev–Trinajstić information content (AvgIpc) is 3.00. The number of fused-ring (bicyclic) bond motifs is 1. The minimum absolute atomic E-state index is 0.0384. The van der Waals surface area contributed by atoms with Gasteiger partial charge < -0.3 is 14.2 Å². The lowest BCUT2D eigenvalue weighted by Crippen LogP contribution is -1.99. The van der Waals surface area contributed by atoms with Crippen LogP contribution in [0.1, 0.15) is 11.7 Å². The number of nitro benzene ring substituents is 1. The van der Waals surface area contributed by atoms with Crippen molar-refractivity contribution in [3.63, 3.8) is 0 Å². The topological polar surface area (TPSA) is 107 Å². The number of non-ortho nitro benzene ring substituents is 1. The van der Waals surface area contributed by atoms with Gasteiger partial charge in [0.2, 0.25) is 5.89 Å². The van der Waals surface area contributed by atoms with Crippen LogP contribution < -0.4 is 5.32 Å². The molecule has 3 rings (SSSR count). The summed E-state index contributed by atoms with van der Waals surface area (Å²) in [5.41, 5.74) is 0.857. The summed E-state index contributed by atoms with van der Waals surface area (Å²) in [7, 11) is 0. The first-order valence-corrected chi connectivity index (χ1v) is 5.82. The molecular formula is C12H10N4O4. The highest BCUT2D eigenvalue weighted by Crippen LogP contribution is 2.23. The van der Waals surface area contributed by atoms with Gasteiger partial charge in [-0.3, -0.25) is 10.1 Å². The van der Waals surface area contributed by atoms with Gasteiger partial charge in [-0.1, -0.05) is 0 Å². The number of nitro groups is 1. The fourth-order valence-electron chi connectivity index (χ4n) is 1.74. The molecule has 0 saturated carbocycles. The van der Waals surface area contributed by atoms with Crippen molar-refractivity contribution in [1.29, 1.82) is 0 Å². The van der Waals surface area contributed by atoms with Gasteiger partial charge in [0.15, 0.2) is 5.58 Å². The standard InChI is InChI=1S/C12H10N4O4/c1-7-5-13-11(19-7)6-14-12-15-9-3-2-8(16(17)18)4-10(9)20-12/h2-5H,6H2,1H3,(H,14,15). The van der Waals surface area contributed by atoms with Crippen molar-refractivity contribution >= 4 is 22.8 Å². The Morgan fingerprint density at radius 3 is 2.95 bits per heavy atom. The van der Waals surface area contributed by atoms with E-state index in [0.29, 0.717) is 23.5 Å². The first kappa shape index (κ1) is 12.2. The molecule has 2 heterocycles. The van der Waals surface area contributed by atoms with Crippen molar-refractivity contribution in [3.05, 3.63) is 46.2 Å². The van der Waals surface area contributed by atoms with E-state index in [0.717, 1.165) is 5.76 Å². The van der Waals surface area contributed by atoms with Crippen molar-refractivity contribution in [2.24, 2.45) is 0 Å². The Morgan fingerprint density at radius 1 is 1.40 bits per heavy atom. The molecule has 0 atom stereocenters. The van der Waals surface area contributed by atoms with E-state index in [9.17, 15) is 10.1 Å². The summed E-state index contributed by atoms with van der Waals surface area (Å²) in [6.45, 7) is 2.12. The van der Waals surface area contributed by atoms with Crippen molar-refractivity contribution < 1.29 is 13.8 Å². The van der Waals surface area contributed by atoms with Crippen molar-refractivity contribution in [1.82, 2.24) is 9.97 Å². The van der Waals surface area contributed by atoms with Crippen LogP contribution >= 0.6 is 0 Å². The number of oxazole rings is 2. The van der Waals surface area contributed by atoms with Gasteiger partial charge in [-0.25, -0.2) is 4.98 Å². The monoisotopic (exact) mass is 274 g/mol. The normalized spacial score (nSPS) is 10.8. The van der Waals surface area contributed by atoms with E-state index in [1.165, 1.54) is 18.2 Å². The zero-order valence-electron chi connectivity index (χ0n) is 10.5. The van der Waals surface area contributed by atoms with Gasteiger partial charge in [0.05, 0.1) is 23.7 Å². The average molecular weight is 274 g/mol. The molecule has 0 amide bonds. The van der Waals surface area contributed by atoms with Gasteiger partial charge in [-0.2, -0.15) is 4.98 Å². The molecule has 0 fully saturated rings. The van der Waals surface area contributed by atoms with E-state index in [4.69, 9.17) is 8.83 Å². The molecule has 0 saturated heterocycles. The Morgan fingerprint density at radius 2 is 2.25 bits per heavy atom. The van der Waals surface area contributed by atoms with Gasteiger partial charge in [0, 0.05) is 6.07 Å². The van der Waals surface area contributed by atoms with E-state index in [-0.39, 0.29) is 11.7 Å². The Bertz CT molecular complexity index is 777. The quantitative estimate of drug-likeness (QED) is 0.575. The Labute approximate surface area is 112 Å². The minimum Gasteiger partial charge on any atom is -0.444 e. The van der Waals surface area contributed by atoms with Crippen molar-refractivity contribution in [3.8, 4) is 0 Å². The van der Waals surface area contributed by atoms with Crippen LogP contribution in [0.25, 0.3) is 11.1 Å². The molecule has 2 aromatic heterocycles. The second-order valence-corrected chi connectivity index (χ2v) is 4.15. The highest BCUT2D eigenvalue weighted by molar-refractivity contribution is 5.77. The Kier molecular flexibility index (Phi) is 2.82. The minimum atomic E-state index is -0.482. The highest BCUT2D eigenvalue weighted by Gasteiger charge is 2.12. The summed E-state index contributed by atoms with van der Waals surface area (Å²) in [4.78, 5) is 18.4. The molecule has 1 N–H and O–H groups in total. The summed E-state index contributed by atoms with van der Waals surface area (Å²) in [6.07, 6.45) is 1.62. The molecule has 0 bridgehead atoms. The number of nitrogens with zero attached hydrogens (tertiary/aromatic N) is 3. The third-order valence-corrected chi connectivity index (χ3v) is 2.64. The summed E-state index contributed by atoms with van der Waals surface area (Å²) < 4.78 is 10.7. The second-order valence-electron chi connectivity index (χ2n) is 4.15. The van der Waals surface area contributed by atoms with Crippen molar-refractivity contribution in [2.45, 2.75) is 13.5 Å². The van der Waals surface area contributed by atoms with Crippen LogP contribution in [0.5, 0.6) is 0 Å². The number of rotatable bonds is 4. The van der Waals surface area contributed by atoms with E-state index in [2.05, 4.69) is 15.3 Å². The lowest BCUT2D eigenvalue weighted by atomic mass is 10.3. The molecular weight excluding hydrogens is 264 g/mol. The zero-order chi connectivity index (χ0) is 14.1. The van der Waals surface area contributed by atoms with Crippen LogP contribution in [0.15, 0.2) is 33.2 Å². The maximum atomic E-state index is 10.7. The number of aryl methyl sites for hydroxylation is 1. The number of aromatic nitrogens is 2. The van der Waals surface area contributed by atoms with Crippen LogP contribution in [0.2, 0.25) is 0 Å². The number of nitrogens with one attached hydrogen (secondary N) is 1. The molecule has 0 aliphatic rings. The molecule has 8 nitrogen and oxygen atoms in total. The van der Waals surface area contributed by atoms with Gasteiger partial charge in [-0.15, -0.1) is 0 Å². The predicted octanol–water partition coefficient (Wildman–Crippen LogP) is 2.64. The van der Waals surface area contributed by atoms with E-state index >= 15 is 0 Å². The SMILES string of the molecule is Cc1cnc(CNc2nc3ccc([N+](=O)[O-])cc3o2)o1.